The zero-order valence-electron chi connectivity index (χ0n) is 26.6. The summed E-state index contributed by atoms with van der Waals surface area (Å²) < 4.78 is 11.2. The van der Waals surface area contributed by atoms with Crippen LogP contribution in [0.4, 0.5) is 5.95 Å². The Kier molecular flexibility index (Phi) is 7.79. The van der Waals surface area contributed by atoms with E-state index >= 15 is 0 Å². The smallest absolute Gasteiger partial charge is 0.261 e. The standard InChI is InChI=1S/C36H38ClN7OSi/c1-35(2,3)46(29-12-7-5-8-13-29,30-14-9-6-10-15-30)45-36(20-11-21-36)25-38-34-41-33-32(27-22-39-43(4)23-27)40-31(24-44(33)42-34)26-16-18-28(37)19-17-26/h5-10,12-19,22-24H,11,20-21,25H2,1-4H3,(H,38,42). The molecule has 1 saturated carbocycles. The van der Waals surface area contributed by atoms with Gasteiger partial charge in [0.2, 0.25) is 5.95 Å². The molecular formula is C36H38ClN7OSi. The quantitative estimate of drug-likeness (QED) is 0.175. The maximum atomic E-state index is 7.66. The van der Waals surface area contributed by atoms with Gasteiger partial charge in [-0.2, -0.15) is 10.1 Å². The van der Waals surface area contributed by atoms with Crippen LogP contribution in [0.15, 0.2) is 104 Å². The third-order valence-corrected chi connectivity index (χ3v) is 14.5. The molecular weight excluding hydrogens is 610 g/mol. The van der Waals surface area contributed by atoms with Gasteiger partial charge in [0.05, 0.1) is 23.7 Å². The van der Waals surface area contributed by atoms with Crippen LogP contribution in [0.3, 0.4) is 0 Å². The minimum absolute atomic E-state index is 0.109. The van der Waals surface area contributed by atoms with Crippen LogP contribution in [0.1, 0.15) is 40.0 Å². The molecule has 3 aromatic carbocycles. The average molecular weight is 648 g/mol. The van der Waals surface area contributed by atoms with Gasteiger partial charge in [-0.25, -0.2) is 9.50 Å². The van der Waals surface area contributed by atoms with E-state index in [4.69, 9.17) is 31.1 Å². The van der Waals surface area contributed by atoms with E-state index in [1.807, 2.05) is 43.7 Å². The molecule has 1 aliphatic rings. The van der Waals surface area contributed by atoms with E-state index in [1.165, 1.54) is 10.4 Å². The summed E-state index contributed by atoms with van der Waals surface area (Å²) in [6.45, 7) is 7.59. The van der Waals surface area contributed by atoms with Crippen molar-refractivity contribution in [3.05, 3.63) is 109 Å². The Morgan fingerprint density at radius 2 is 1.52 bits per heavy atom. The Bertz CT molecular complexity index is 1920. The zero-order chi connectivity index (χ0) is 31.9. The lowest BCUT2D eigenvalue weighted by atomic mass is 9.80. The van der Waals surface area contributed by atoms with Gasteiger partial charge in [-0.15, -0.1) is 5.10 Å². The molecule has 6 aromatic rings. The van der Waals surface area contributed by atoms with Crippen LogP contribution in [0.2, 0.25) is 10.1 Å². The zero-order valence-corrected chi connectivity index (χ0v) is 28.4. The van der Waals surface area contributed by atoms with Crippen molar-refractivity contribution in [2.75, 3.05) is 11.9 Å². The summed E-state index contributed by atoms with van der Waals surface area (Å²) in [7, 11) is -0.846. The van der Waals surface area contributed by atoms with Gasteiger partial charge in [0.1, 0.15) is 5.69 Å². The van der Waals surface area contributed by atoms with Crippen LogP contribution >= 0.6 is 11.6 Å². The number of halogens is 1. The van der Waals surface area contributed by atoms with Gasteiger partial charge in [0, 0.05) is 35.9 Å². The number of rotatable bonds is 9. The minimum Gasteiger partial charge on any atom is -0.400 e. The third-order valence-electron chi connectivity index (χ3n) is 9.06. The van der Waals surface area contributed by atoms with Crippen molar-refractivity contribution < 1.29 is 4.43 Å². The predicted molar refractivity (Wildman–Crippen MR) is 187 cm³/mol. The first kappa shape index (κ1) is 30.3. The number of benzene rings is 3. The Balaban J connectivity index is 1.25. The van der Waals surface area contributed by atoms with Gasteiger partial charge >= 0.3 is 0 Å². The first-order chi connectivity index (χ1) is 22.2. The number of hydrogen-bond acceptors (Lipinski definition) is 6. The van der Waals surface area contributed by atoms with Crippen LogP contribution in [0, 0.1) is 0 Å². The van der Waals surface area contributed by atoms with E-state index in [0.29, 0.717) is 28.9 Å². The molecule has 3 aromatic heterocycles. The fraction of sp³-hybridized carbons (Fsp3) is 0.278. The molecule has 0 spiro atoms. The number of hydrogen-bond donors (Lipinski definition) is 1. The molecule has 0 amide bonds. The number of fused-ring (bicyclic) bond motifs is 1. The summed E-state index contributed by atoms with van der Waals surface area (Å²) in [6.07, 6.45) is 8.72. The van der Waals surface area contributed by atoms with Crippen LogP contribution in [-0.4, -0.2) is 49.8 Å². The first-order valence-corrected chi connectivity index (χ1v) is 18.0. The second-order valence-corrected chi connectivity index (χ2v) is 17.9. The predicted octanol–water partition coefficient (Wildman–Crippen LogP) is 6.76. The number of anilines is 1. The summed E-state index contributed by atoms with van der Waals surface area (Å²) in [5.74, 6) is 0.539. The van der Waals surface area contributed by atoms with Crippen molar-refractivity contribution >= 4 is 41.9 Å². The normalized spacial score (nSPS) is 14.7. The number of aryl methyl sites for hydroxylation is 1. The maximum absolute atomic E-state index is 7.66. The molecule has 3 heterocycles. The van der Waals surface area contributed by atoms with Crippen LogP contribution in [0.5, 0.6) is 0 Å². The van der Waals surface area contributed by atoms with Crippen LogP contribution < -0.4 is 15.7 Å². The highest BCUT2D eigenvalue weighted by Gasteiger charge is 2.55. The van der Waals surface area contributed by atoms with Crippen molar-refractivity contribution in [3.8, 4) is 22.5 Å². The molecule has 0 radical (unpaired) electrons. The highest BCUT2D eigenvalue weighted by atomic mass is 35.5. The van der Waals surface area contributed by atoms with Gasteiger partial charge in [-0.05, 0) is 46.8 Å². The average Bonchev–Trinajstić information content (AvgIpc) is 3.66. The van der Waals surface area contributed by atoms with Crippen LogP contribution in [-0.2, 0) is 11.5 Å². The minimum atomic E-state index is -2.74. The largest absolute Gasteiger partial charge is 0.400 e. The summed E-state index contributed by atoms with van der Waals surface area (Å²) in [5.41, 5.74) is 3.60. The molecule has 1 fully saturated rings. The molecule has 8 nitrogen and oxygen atoms in total. The summed E-state index contributed by atoms with van der Waals surface area (Å²) in [5, 5.41) is 16.0. The fourth-order valence-electron chi connectivity index (χ4n) is 6.56. The van der Waals surface area contributed by atoms with Gasteiger partial charge in [-0.3, -0.25) is 4.68 Å². The number of nitrogens with one attached hydrogen (secondary N) is 1. The van der Waals surface area contributed by atoms with E-state index in [0.717, 1.165) is 36.1 Å². The monoisotopic (exact) mass is 647 g/mol. The van der Waals surface area contributed by atoms with Crippen molar-refractivity contribution in [3.63, 3.8) is 0 Å². The Morgan fingerprint density at radius 3 is 2.07 bits per heavy atom. The van der Waals surface area contributed by atoms with Crippen molar-refractivity contribution in [2.24, 2.45) is 7.05 Å². The molecule has 1 aliphatic carbocycles. The Morgan fingerprint density at radius 1 is 0.870 bits per heavy atom. The highest BCUT2D eigenvalue weighted by molar-refractivity contribution is 6.99. The summed E-state index contributed by atoms with van der Waals surface area (Å²) in [6, 6.07) is 29.3. The Hall–Kier alpha value is -4.31. The first-order valence-electron chi connectivity index (χ1n) is 15.7. The molecule has 0 bridgehead atoms. The second kappa shape index (κ2) is 11.8. The molecule has 234 valence electrons. The number of aromatic nitrogens is 6. The highest BCUT2D eigenvalue weighted by Crippen LogP contribution is 2.45. The van der Waals surface area contributed by atoms with Crippen molar-refractivity contribution in [2.45, 2.75) is 50.7 Å². The third kappa shape index (κ3) is 5.52. The fourth-order valence-corrected chi connectivity index (χ4v) is 11.5. The van der Waals surface area contributed by atoms with Crippen LogP contribution in [0.25, 0.3) is 28.2 Å². The molecule has 1 N–H and O–H groups in total. The van der Waals surface area contributed by atoms with E-state index in [-0.39, 0.29) is 10.6 Å². The lowest BCUT2D eigenvalue weighted by molar-refractivity contribution is -0.00406. The van der Waals surface area contributed by atoms with Crippen molar-refractivity contribution in [1.82, 2.24) is 29.4 Å². The molecule has 0 saturated heterocycles. The molecule has 0 unspecified atom stereocenters. The van der Waals surface area contributed by atoms with E-state index in [2.05, 4.69) is 91.9 Å². The van der Waals surface area contributed by atoms with Gasteiger partial charge < -0.3 is 9.74 Å². The molecule has 7 rings (SSSR count). The maximum Gasteiger partial charge on any atom is 0.261 e. The summed E-state index contributed by atoms with van der Waals surface area (Å²) in [4.78, 5) is 9.96. The summed E-state index contributed by atoms with van der Waals surface area (Å²) >= 11 is 6.18. The lowest BCUT2D eigenvalue weighted by Gasteiger charge is -2.53. The van der Waals surface area contributed by atoms with E-state index in [1.54, 1.807) is 15.4 Å². The van der Waals surface area contributed by atoms with E-state index < -0.39 is 8.32 Å². The lowest BCUT2D eigenvalue weighted by Crippen LogP contribution is -2.71. The Labute approximate surface area is 275 Å². The van der Waals surface area contributed by atoms with Crippen molar-refractivity contribution in [1.29, 1.82) is 0 Å². The molecule has 0 aliphatic heterocycles. The SMILES string of the molecule is Cn1cc(-c2nc(-c3ccc(Cl)cc3)cn3nc(NCC4(O[Si](c5ccccc5)(c5ccccc5)C(C)(C)C)CCC4)nc23)cn1. The topological polar surface area (TPSA) is 82.2 Å². The van der Waals surface area contributed by atoms with Gasteiger partial charge in [0.25, 0.3) is 8.32 Å². The van der Waals surface area contributed by atoms with Gasteiger partial charge in [-0.1, -0.05) is 105 Å². The second-order valence-electron chi connectivity index (χ2n) is 13.2. The van der Waals surface area contributed by atoms with Gasteiger partial charge in [0.15, 0.2) is 5.65 Å². The van der Waals surface area contributed by atoms with E-state index in [9.17, 15) is 0 Å². The molecule has 46 heavy (non-hydrogen) atoms. The molecule has 0 atom stereocenters. The number of nitrogens with zero attached hydrogens (tertiary/aromatic N) is 6. The molecule has 10 heteroatoms.